The molecule has 6 rings (SSSR count). The number of rotatable bonds is 6. The van der Waals surface area contributed by atoms with Crippen molar-refractivity contribution < 1.29 is 22.7 Å². The molecular weight excluding hydrogens is 629 g/mol. The predicted octanol–water partition coefficient (Wildman–Crippen LogP) is 6.54. The molecule has 1 unspecified atom stereocenters. The number of sulfonamides is 1. The first-order valence-corrected chi connectivity index (χ1v) is 17.9. The Bertz CT molecular complexity index is 1890. The van der Waals surface area contributed by atoms with Gasteiger partial charge in [-0.2, -0.15) is 4.98 Å². The molecule has 4 bridgehead atoms. The van der Waals surface area contributed by atoms with E-state index in [1.54, 1.807) is 35.5 Å². The molecule has 4 heterocycles. The van der Waals surface area contributed by atoms with Crippen molar-refractivity contribution in [1.29, 1.82) is 0 Å². The second kappa shape index (κ2) is 13.5. The first-order valence-electron chi connectivity index (χ1n) is 16.4. The van der Waals surface area contributed by atoms with Crippen molar-refractivity contribution in [2.45, 2.75) is 83.9 Å². The van der Waals surface area contributed by atoms with Gasteiger partial charge >= 0.3 is 0 Å². The van der Waals surface area contributed by atoms with Crippen LogP contribution in [-0.2, 0) is 10.0 Å². The number of fused-ring (bicyclic) bond motifs is 5. The minimum absolute atomic E-state index is 0.0382. The topological polar surface area (TPSA) is 136 Å². The monoisotopic (exact) mass is 670 g/mol. The molecule has 1 amide bonds. The summed E-state index contributed by atoms with van der Waals surface area (Å²) in [7, 11) is -4.18. The number of benzene rings is 2. The van der Waals surface area contributed by atoms with Gasteiger partial charge in [0.15, 0.2) is 11.6 Å². The van der Waals surface area contributed by atoms with Gasteiger partial charge in [0.05, 0.1) is 41.2 Å². The zero-order valence-corrected chi connectivity index (χ0v) is 29.0. The van der Waals surface area contributed by atoms with E-state index in [-0.39, 0.29) is 52.9 Å². The van der Waals surface area contributed by atoms with Crippen molar-refractivity contribution >= 4 is 21.9 Å². The Hall–Kier alpha value is -4.58. The number of aryl methyl sites for hydroxylation is 2. The summed E-state index contributed by atoms with van der Waals surface area (Å²) in [4.78, 5) is 34.8. The van der Waals surface area contributed by atoms with Crippen LogP contribution in [-0.4, -0.2) is 57.9 Å². The fourth-order valence-corrected chi connectivity index (χ4v) is 7.81. The highest BCUT2D eigenvalue weighted by molar-refractivity contribution is 7.92. The quantitative estimate of drug-likeness (QED) is 0.243. The van der Waals surface area contributed by atoms with E-state index < -0.39 is 16.1 Å². The van der Waals surface area contributed by atoms with Gasteiger partial charge in [0.25, 0.3) is 15.9 Å². The van der Waals surface area contributed by atoms with E-state index in [1.165, 1.54) is 12.1 Å². The van der Waals surface area contributed by atoms with Crippen molar-refractivity contribution in [3.05, 3.63) is 83.4 Å². The molecule has 48 heavy (non-hydrogen) atoms. The number of nitrogens with one attached hydrogen (secondary N) is 1. The normalized spacial score (nSPS) is 20.5. The van der Waals surface area contributed by atoms with Gasteiger partial charge in [0, 0.05) is 17.2 Å². The van der Waals surface area contributed by atoms with E-state index in [9.17, 15) is 13.2 Å². The number of carbonyl (C=O) groups is 1. The van der Waals surface area contributed by atoms with E-state index in [2.05, 4.69) is 38.5 Å². The van der Waals surface area contributed by atoms with Crippen molar-refractivity contribution in [3.8, 4) is 22.9 Å². The molecule has 2 aliphatic heterocycles. The summed E-state index contributed by atoms with van der Waals surface area (Å²) in [5.74, 6) is 1.27. The van der Waals surface area contributed by atoms with E-state index in [0.717, 1.165) is 29.5 Å². The molecule has 2 aromatic carbocycles. The molecule has 252 valence electrons. The largest absolute Gasteiger partial charge is 0.488 e. The molecule has 2 aromatic heterocycles. The highest BCUT2D eigenvalue weighted by Crippen LogP contribution is 2.41. The molecule has 0 aliphatic carbocycles. The summed E-state index contributed by atoms with van der Waals surface area (Å²) in [5, 5.41) is 0. The Labute approximate surface area is 282 Å². The Kier molecular flexibility index (Phi) is 9.37. The van der Waals surface area contributed by atoms with Gasteiger partial charge in [0.2, 0.25) is 11.8 Å². The lowest BCUT2D eigenvalue weighted by molar-refractivity contribution is 0.00467. The summed E-state index contributed by atoms with van der Waals surface area (Å²) in [6.07, 6.45) is 5.56. The maximum atomic E-state index is 14.6. The molecule has 4 aromatic rings. The van der Waals surface area contributed by atoms with Crippen LogP contribution in [0.25, 0.3) is 11.3 Å². The second-order valence-electron chi connectivity index (χ2n) is 13.3. The summed E-state index contributed by atoms with van der Waals surface area (Å²) < 4.78 is 42.2. The van der Waals surface area contributed by atoms with Crippen LogP contribution in [0, 0.1) is 25.7 Å². The summed E-state index contributed by atoms with van der Waals surface area (Å²) in [5.41, 5.74) is 3.59. The van der Waals surface area contributed by atoms with E-state index in [0.29, 0.717) is 29.6 Å². The molecule has 2 aliphatic rings. The van der Waals surface area contributed by atoms with Crippen LogP contribution in [0.4, 0.5) is 5.95 Å². The van der Waals surface area contributed by atoms with Crippen LogP contribution in [0.5, 0.6) is 11.6 Å². The molecule has 1 saturated heterocycles. The minimum atomic E-state index is -4.18. The number of ether oxygens (including phenoxy) is 2. The Balaban J connectivity index is 1.50. The SMILES string of the molecule is Cc1cccc(C)c1-c1cc2nc(n1)NS(=O)(=O)c1cccc(c1)C(=O)N1[C@@H](c3ncc(OC(C)C)cn3)CCC(CC(C)C)[C@H]1CO2. The summed E-state index contributed by atoms with van der Waals surface area (Å²) in [6.45, 7) is 12.3. The molecule has 1 N–H and O–H groups in total. The van der Waals surface area contributed by atoms with Crippen molar-refractivity contribution in [1.82, 2.24) is 24.8 Å². The van der Waals surface area contributed by atoms with Gasteiger partial charge < -0.3 is 14.4 Å². The third-order valence-electron chi connectivity index (χ3n) is 8.83. The van der Waals surface area contributed by atoms with Gasteiger partial charge in [-0.25, -0.2) is 28.1 Å². The predicted molar refractivity (Wildman–Crippen MR) is 182 cm³/mol. The third kappa shape index (κ3) is 6.99. The number of hydrogen-bond acceptors (Lipinski definition) is 9. The van der Waals surface area contributed by atoms with Crippen LogP contribution >= 0.6 is 0 Å². The van der Waals surface area contributed by atoms with Gasteiger partial charge in [-0.05, 0) is 88.1 Å². The Morgan fingerprint density at radius 1 is 0.979 bits per heavy atom. The molecule has 12 heteroatoms. The third-order valence-corrected chi connectivity index (χ3v) is 10.2. The second-order valence-corrected chi connectivity index (χ2v) is 15.0. The number of aromatic nitrogens is 4. The molecular formula is C36H42N6O5S. The van der Waals surface area contributed by atoms with Crippen LogP contribution in [0.15, 0.2) is 65.8 Å². The molecule has 3 atom stereocenters. The molecule has 11 nitrogen and oxygen atoms in total. The number of nitrogens with zero attached hydrogens (tertiary/aromatic N) is 5. The number of amides is 1. The van der Waals surface area contributed by atoms with Gasteiger partial charge in [-0.15, -0.1) is 0 Å². The Morgan fingerprint density at radius 3 is 2.38 bits per heavy atom. The Morgan fingerprint density at radius 2 is 1.69 bits per heavy atom. The molecule has 0 saturated carbocycles. The van der Waals surface area contributed by atoms with E-state index in [1.807, 2.05) is 45.9 Å². The zero-order valence-electron chi connectivity index (χ0n) is 28.2. The van der Waals surface area contributed by atoms with Gasteiger partial charge in [0.1, 0.15) is 6.61 Å². The molecule has 0 radical (unpaired) electrons. The van der Waals surface area contributed by atoms with Gasteiger partial charge in [-0.3, -0.25) is 4.79 Å². The van der Waals surface area contributed by atoms with E-state index >= 15 is 0 Å². The van der Waals surface area contributed by atoms with Crippen molar-refractivity contribution in [3.63, 3.8) is 0 Å². The minimum Gasteiger partial charge on any atom is -0.488 e. The lowest BCUT2D eigenvalue weighted by Gasteiger charge is -2.46. The fourth-order valence-electron chi connectivity index (χ4n) is 6.82. The zero-order chi connectivity index (χ0) is 34.2. The average molecular weight is 671 g/mol. The van der Waals surface area contributed by atoms with E-state index in [4.69, 9.17) is 9.47 Å². The number of anilines is 1. The lowest BCUT2D eigenvalue weighted by Crippen LogP contribution is -2.53. The van der Waals surface area contributed by atoms with Crippen LogP contribution in [0.2, 0.25) is 0 Å². The summed E-state index contributed by atoms with van der Waals surface area (Å²) in [6, 6.07) is 12.9. The lowest BCUT2D eigenvalue weighted by atomic mass is 9.80. The van der Waals surface area contributed by atoms with Crippen LogP contribution in [0.3, 0.4) is 0 Å². The molecule has 0 spiro atoms. The first kappa shape index (κ1) is 33.3. The standard InChI is InChI=1S/C36H42N6O5S/c1-21(2)15-25-13-14-30(34-37-18-27(19-38-34)47-22(3)4)42-31(25)20-46-32-17-29(33-23(5)9-7-10-24(33)6)39-36(40-32)41-48(44,45)28-12-8-11-26(16-28)35(42)43/h7-12,16-19,21-22,25,30-31H,13-15,20H2,1-6H3,(H,39,40,41)/t25?,30-,31-/m1/s1. The first-order chi connectivity index (χ1) is 22.9. The number of hydrogen-bond donors (Lipinski definition) is 1. The van der Waals surface area contributed by atoms with Crippen LogP contribution in [0.1, 0.15) is 80.3 Å². The van der Waals surface area contributed by atoms with Crippen molar-refractivity contribution in [2.24, 2.45) is 11.8 Å². The molecule has 1 fully saturated rings. The number of piperidine rings is 1. The maximum absolute atomic E-state index is 14.6. The number of carbonyl (C=O) groups excluding carboxylic acids is 1. The highest BCUT2D eigenvalue weighted by Gasteiger charge is 2.43. The van der Waals surface area contributed by atoms with Crippen molar-refractivity contribution in [2.75, 3.05) is 11.3 Å². The highest BCUT2D eigenvalue weighted by atomic mass is 32.2. The maximum Gasteiger partial charge on any atom is 0.264 e. The smallest absolute Gasteiger partial charge is 0.264 e. The fraction of sp³-hybridized carbons (Fsp3) is 0.417. The summed E-state index contributed by atoms with van der Waals surface area (Å²) >= 11 is 0. The average Bonchev–Trinajstić information content (AvgIpc) is 3.03. The van der Waals surface area contributed by atoms with Crippen LogP contribution < -0.4 is 14.2 Å². The van der Waals surface area contributed by atoms with Gasteiger partial charge in [-0.1, -0.05) is 38.1 Å².